The van der Waals surface area contributed by atoms with Crippen LogP contribution in [0.2, 0.25) is 0 Å². The summed E-state index contributed by atoms with van der Waals surface area (Å²) in [7, 11) is 0. The summed E-state index contributed by atoms with van der Waals surface area (Å²) in [6.45, 7) is 0. The summed E-state index contributed by atoms with van der Waals surface area (Å²) in [4.78, 5) is 22.1. The normalized spacial score (nSPS) is 28.0. The summed E-state index contributed by atoms with van der Waals surface area (Å²) in [6, 6.07) is -0.422. The minimum Gasteiger partial charge on any atom is -0.353 e. The SMILES string of the molecule is O=C1CCCCC(CC(C2CC2)[N+](=O)[O-])N1. The molecule has 5 heteroatoms. The van der Waals surface area contributed by atoms with E-state index in [4.69, 9.17) is 0 Å². The third-order valence-corrected chi connectivity index (χ3v) is 3.53. The van der Waals surface area contributed by atoms with Gasteiger partial charge in [-0.25, -0.2) is 0 Å². The predicted octanol–water partition coefficient (Wildman–Crippen LogP) is 1.49. The van der Waals surface area contributed by atoms with Crippen molar-refractivity contribution in [1.29, 1.82) is 0 Å². The van der Waals surface area contributed by atoms with Crippen LogP contribution in [0.15, 0.2) is 0 Å². The Morgan fingerprint density at radius 1 is 1.38 bits per heavy atom. The number of nitrogens with one attached hydrogen (secondary N) is 1. The maximum absolute atomic E-state index is 11.3. The number of hydrogen-bond donors (Lipinski definition) is 1. The summed E-state index contributed by atoms with van der Waals surface area (Å²) in [5, 5.41) is 13.8. The number of rotatable bonds is 4. The molecule has 0 aromatic carbocycles. The van der Waals surface area contributed by atoms with Gasteiger partial charge in [-0.1, -0.05) is 6.42 Å². The fraction of sp³-hybridized carbons (Fsp3) is 0.909. The van der Waals surface area contributed by atoms with Crippen molar-refractivity contribution in [3.8, 4) is 0 Å². The van der Waals surface area contributed by atoms with Gasteiger partial charge < -0.3 is 5.32 Å². The van der Waals surface area contributed by atoms with Crippen LogP contribution in [0, 0.1) is 16.0 Å². The molecule has 0 aromatic heterocycles. The highest BCUT2D eigenvalue weighted by atomic mass is 16.6. The van der Waals surface area contributed by atoms with E-state index >= 15 is 0 Å². The van der Waals surface area contributed by atoms with Crippen LogP contribution in [0.4, 0.5) is 0 Å². The molecule has 16 heavy (non-hydrogen) atoms. The smallest absolute Gasteiger partial charge is 0.220 e. The van der Waals surface area contributed by atoms with Crippen LogP contribution in [0.5, 0.6) is 0 Å². The minimum absolute atomic E-state index is 0.0194. The van der Waals surface area contributed by atoms with Gasteiger partial charge in [0.15, 0.2) is 0 Å². The molecular weight excluding hydrogens is 208 g/mol. The molecule has 90 valence electrons. The van der Waals surface area contributed by atoms with Crippen molar-refractivity contribution in [2.45, 2.75) is 57.0 Å². The van der Waals surface area contributed by atoms with Gasteiger partial charge in [-0.05, 0) is 25.7 Å². The molecule has 2 aliphatic rings. The standard InChI is InChI=1S/C11H18N2O3/c14-11-4-2-1-3-9(12-11)7-10(13(15)16)8-5-6-8/h8-10H,1-7H2,(H,12,14). The molecule has 1 saturated heterocycles. The number of nitro groups is 1. The lowest BCUT2D eigenvalue weighted by atomic mass is 10.00. The first-order valence-electron chi connectivity index (χ1n) is 6.09. The van der Waals surface area contributed by atoms with E-state index in [1.807, 2.05) is 0 Å². The maximum atomic E-state index is 11.3. The van der Waals surface area contributed by atoms with Crippen molar-refractivity contribution in [3.05, 3.63) is 10.1 Å². The van der Waals surface area contributed by atoms with Gasteiger partial charge in [0.25, 0.3) is 0 Å². The van der Waals surface area contributed by atoms with Gasteiger partial charge >= 0.3 is 0 Å². The molecule has 0 bridgehead atoms. The second-order valence-electron chi connectivity index (χ2n) is 4.94. The Hall–Kier alpha value is -1.13. The zero-order valence-corrected chi connectivity index (χ0v) is 9.35. The van der Waals surface area contributed by atoms with Crippen molar-refractivity contribution in [2.24, 2.45) is 5.92 Å². The zero-order valence-electron chi connectivity index (χ0n) is 9.35. The molecular formula is C11H18N2O3. The van der Waals surface area contributed by atoms with Gasteiger partial charge in [-0.3, -0.25) is 14.9 Å². The highest BCUT2D eigenvalue weighted by Gasteiger charge is 2.41. The Morgan fingerprint density at radius 3 is 2.75 bits per heavy atom. The van der Waals surface area contributed by atoms with Gasteiger partial charge in [-0.15, -0.1) is 0 Å². The van der Waals surface area contributed by atoms with Gasteiger partial charge in [0.2, 0.25) is 11.9 Å². The van der Waals surface area contributed by atoms with Gasteiger partial charge in [0.1, 0.15) is 0 Å². The van der Waals surface area contributed by atoms with E-state index in [-0.39, 0.29) is 22.8 Å². The molecule has 2 atom stereocenters. The molecule has 5 nitrogen and oxygen atoms in total. The van der Waals surface area contributed by atoms with Crippen molar-refractivity contribution in [1.82, 2.24) is 5.32 Å². The fourth-order valence-corrected chi connectivity index (χ4v) is 2.45. The quantitative estimate of drug-likeness (QED) is 0.583. The number of nitrogens with zero attached hydrogens (tertiary/aromatic N) is 1. The van der Waals surface area contributed by atoms with E-state index < -0.39 is 6.04 Å². The third-order valence-electron chi connectivity index (χ3n) is 3.53. The van der Waals surface area contributed by atoms with Gasteiger partial charge in [0, 0.05) is 29.7 Å². The van der Waals surface area contributed by atoms with E-state index in [0.29, 0.717) is 12.8 Å². The topological polar surface area (TPSA) is 72.2 Å². The Bertz CT molecular complexity index is 289. The average Bonchev–Trinajstić information content (AvgIpc) is 3.01. The molecule has 1 N–H and O–H groups in total. The van der Waals surface area contributed by atoms with Crippen LogP contribution in [-0.2, 0) is 4.79 Å². The third kappa shape index (κ3) is 2.93. The molecule has 2 unspecified atom stereocenters. The van der Waals surface area contributed by atoms with E-state index in [2.05, 4.69) is 5.32 Å². The number of hydrogen-bond acceptors (Lipinski definition) is 3. The molecule has 0 radical (unpaired) electrons. The highest BCUT2D eigenvalue weighted by Crippen LogP contribution is 2.36. The molecule has 1 aliphatic heterocycles. The lowest BCUT2D eigenvalue weighted by Gasteiger charge is -2.18. The highest BCUT2D eigenvalue weighted by molar-refractivity contribution is 5.76. The van der Waals surface area contributed by atoms with Crippen molar-refractivity contribution < 1.29 is 9.72 Å². The summed E-state index contributed by atoms with van der Waals surface area (Å²) in [6.07, 6.45) is 5.85. The van der Waals surface area contributed by atoms with Crippen LogP contribution < -0.4 is 5.32 Å². The second kappa shape index (κ2) is 4.80. The number of amides is 1. The van der Waals surface area contributed by atoms with Crippen LogP contribution in [0.25, 0.3) is 0 Å². The maximum Gasteiger partial charge on any atom is 0.220 e. The molecule has 1 saturated carbocycles. The fourth-order valence-electron chi connectivity index (χ4n) is 2.45. The van der Waals surface area contributed by atoms with Crippen molar-refractivity contribution in [2.75, 3.05) is 0 Å². The van der Waals surface area contributed by atoms with Gasteiger partial charge in [-0.2, -0.15) is 0 Å². The van der Waals surface area contributed by atoms with E-state index in [1.54, 1.807) is 0 Å². The van der Waals surface area contributed by atoms with E-state index in [1.165, 1.54) is 0 Å². The Morgan fingerprint density at radius 2 is 2.12 bits per heavy atom. The largest absolute Gasteiger partial charge is 0.353 e. The minimum atomic E-state index is -0.441. The monoisotopic (exact) mass is 226 g/mol. The molecule has 0 aromatic rings. The Balaban J connectivity index is 1.90. The van der Waals surface area contributed by atoms with Crippen LogP contribution in [0.1, 0.15) is 44.9 Å². The summed E-state index contributed by atoms with van der Waals surface area (Å²) < 4.78 is 0. The molecule has 1 amide bonds. The van der Waals surface area contributed by atoms with Crippen LogP contribution in [0.3, 0.4) is 0 Å². The van der Waals surface area contributed by atoms with E-state index in [9.17, 15) is 14.9 Å². The number of carbonyl (C=O) groups is 1. The second-order valence-corrected chi connectivity index (χ2v) is 4.94. The molecule has 0 spiro atoms. The van der Waals surface area contributed by atoms with Crippen LogP contribution >= 0.6 is 0 Å². The molecule has 1 aliphatic carbocycles. The lowest BCUT2D eigenvalue weighted by molar-refractivity contribution is -0.528. The van der Waals surface area contributed by atoms with Gasteiger partial charge in [0.05, 0.1) is 0 Å². The first kappa shape index (κ1) is 11.4. The molecule has 2 fully saturated rings. The summed E-state index contributed by atoms with van der Waals surface area (Å²) in [5.41, 5.74) is 0. The van der Waals surface area contributed by atoms with E-state index in [0.717, 1.165) is 32.1 Å². The van der Waals surface area contributed by atoms with Crippen molar-refractivity contribution >= 4 is 5.91 Å². The predicted molar refractivity (Wildman–Crippen MR) is 58.5 cm³/mol. The number of carbonyl (C=O) groups excluding carboxylic acids is 1. The first-order valence-corrected chi connectivity index (χ1v) is 6.09. The Kier molecular flexibility index (Phi) is 3.41. The first-order chi connectivity index (χ1) is 7.66. The van der Waals surface area contributed by atoms with Crippen molar-refractivity contribution in [3.63, 3.8) is 0 Å². The lowest BCUT2D eigenvalue weighted by Crippen LogP contribution is -2.38. The molecule has 2 rings (SSSR count). The average molecular weight is 226 g/mol. The molecule has 1 heterocycles. The Labute approximate surface area is 94.7 Å². The zero-order chi connectivity index (χ0) is 11.5. The summed E-state index contributed by atoms with van der Waals surface area (Å²) >= 11 is 0. The summed E-state index contributed by atoms with van der Waals surface area (Å²) in [5.74, 6) is 0.315. The van der Waals surface area contributed by atoms with Crippen LogP contribution in [-0.4, -0.2) is 22.9 Å².